The van der Waals surface area contributed by atoms with Crippen LogP contribution in [0.1, 0.15) is 44.0 Å². The van der Waals surface area contributed by atoms with Gasteiger partial charge in [0.25, 0.3) is 0 Å². The highest BCUT2D eigenvalue weighted by Crippen LogP contribution is 2.40. The number of Topliss-reactive ketones (excluding diaryl/α,β-unsaturated/α-hetero) is 1. The number of hydrogen-bond acceptors (Lipinski definition) is 4. The zero-order valence-electron chi connectivity index (χ0n) is 11.6. The van der Waals surface area contributed by atoms with Crippen molar-refractivity contribution in [3.63, 3.8) is 0 Å². The highest BCUT2D eigenvalue weighted by Gasteiger charge is 2.44. The van der Waals surface area contributed by atoms with Crippen LogP contribution in [0.25, 0.3) is 0 Å². The number of unbranched alkanes of at least 4 members (excludes halogenated alkanes) is 1. The van der Waals surface area contributed by atoms with Crippen LogP contribution < -0.4 is 4.74 Å². The topological polar surface area (TPSA) is 55.8 Å². The molecule has 0 aromatic heterocycles. The second-order valence-electron chi connectivity index (χ2n) is 5.33. The largest absolute Gasteiger partial charge is 0.504 e. The van der Waals surface area contributed by atoms with Crippen LogP contribution in [0.3, 0.4) is 0 Å². The number of rotatable bonds is 4. The Kier molecular flexibility index (Phi) is 3.80. The van der Waals surface area contributed by atoms with Gasteiger partial charge in [0.2, 0.25) is 0 Å². The summed E-state index contributed by atoms with van der Waals surface area (Å²) in [7, 11) is 0. The second kappa shape index (κ2) is 5.21. The average Bonchev–Trinajstić information content (AvgIpc) is 2.35. The summed E-state index contributed by atoms with van der Waals surface area (Å²) in [5.74, 6) is 0.122. The lowest BCUT2D eigenvalue weighted by Crippen LogP contribution is -2.51. The molecule has 19 heavy (non-hydrogen) atoms. The molecule has 0 amide bonds. The number of ether oxygens (including phenoxy) is 2. The first-order valence-corrected chi connectivity index (χ1v) is 6.64. The van der Waals surface area contributed by atoms with E-state index in [1.807, 2.05) is 0 Å². The van der Waals surface area contributed by atoms with Crippen molar-refractivity contribution in [2.75, 3.05) is 6.61 Å². The van der Waals surface area contributed by atoms with Crippen molar-refractivity contribution in [2.45, 2.75) is 45.3 Å². The molecule has 0 saturated carbocycles. The van der Waals surface area contributed by atoms with Crippen molar-refractivity contribution < 1.29 is 19.4 Å². The van der Waals surface area contributed by atoms with Crippen LogP contribution in [0.5, 0.6) is 11.5 Å². The summed E-state index contributed by atoms with van der Waals surface area (Å²) < 4.78 is 11.5. The number of fused-ring (bicyclic) bond motifs is 1. The van der Waals surface area contributed by atoms with E-state index in [2.05, 4.69) is 6.92 Å². The molecule has 0 radical (unpaired) electrons. The minimum Gasteiger partial charge on any atom is -0.504 e. The fraction of sp³-hybridized carbons (Fsp3) is 0.533. The summed E-state index contributed by atoms with van der Waals surface area (Å²) in [4.78, 5) is 12.5. The van der Waals surface area contributed by atoms with Crippen LogP contribution in [0.2, 0.25) is 0 Å². The lowest BCUT2D eigenvalue weighted by molar-refractivity contribution is -0.0638. The number of carbonyl (C=O) groups excluding carboxylic acids is 1. The number of carbonyl (C=O) groups is 1. The first-order chi connectivity index (χ1) is 8.97. The van der Waals surface area contributed by atoms with E-state index < -0.39 is 11.7 Å². The molecule has 104 valence electrons. The standard InChI is InChI=1S/C15H20O4/c1-4-5-9-18-14-12(17)10-7-6-8-11(16)13(10)19-15(14,2)3/h6-8,14,16H,4-5,9H2,1-3H3. The maximum Gasteiger partial charge on any atom is 0.199 e. The molecule has 1 atom stereocenters. The fourth-order valence-corrected chi connectivity index (χ4v) is 2.22. The van der Waals surface area contributed by atoms with Gasteiger partial charge in [0.1, 0.15) is 5.60 Å². The average molecular weight is 264 g/mol. The zero-order valence-corrected chi connectivity index (χ0v) is 11.6. The number of phenols is 1. The van der Waals surface area contributed by atoms with E-state index in [0.717, 1.165) is 12.8 Å². The first-order valence-electron chi connectivity index (χ1n) is 6.64. The fourth-order valence-electron chi connectivity index (χ4n) is 2.22. The van der Waals surface area contributed by atoms with E-state index >= 15 is 0 Å². The molecule has 1 heterocycles. The molecule has 4 heteroatoms. The molecule has 1 aromatic carbocycles. The Labute approximate surface area is 113 Å². The highest BCUT2D eigenvalue weighted by atomic mass is 16.6. The third kappa shape index (κ3) is 2.59. The van der Waals surface area contributed by atoms with E-state index in [9.17, 15) is 9.90 Å². The molecule has 0 saturated heterocycles. The van der Waals surface area contributed by atoms with Crippen LogP contribution in [0, 0.1) is 0 Å². The smallest absolute Gasteiger partial charge is 0.199 e. The molecule has 1 aromatic rings. The van der Waals surface area contributed by atoms with Gasteiger partial charge in [-0.3, -0.25) is 4.79 Å². The van der Waals surface area contributed by atoms with E-state index in [-0.39, 0.29) is 17.3 Å². The summed E-state index contributed by atoms with van der Waals surface area (Å²) >= 11 is 0. The summed E-state index contributed by atoms with van der Waals surface area (Å²) in [6, 6.07) is 4.81. The van der Waals surface area contributed by atoms with Gasteiger partial charge in [-0.1, -0.05) is 19.4 Å². The Hall–Kier alpha value is -1.55. The van der Waals surface area contributed by atoms with Crippen molar-refractivity contribution >= 4 is 5.78 Å². The number of ketones is 1. The quantitative estimate of drug-likeness (QED) is 0.849. The monoisotopic (exact) mass is 264 g/mol. The SMILES string of the molecule is CCCCOC1C(=O)c2cccc(O)c2OC1(C)C. The van der Waals surface area contributed by atoms with Crippen LogP contribution >= 0.6 is 0 Å². The summed E-state index contributed by atoms with van der Waals surface area (Å²) in [5.41, 5.74) is -0.391. The van der Waals surface area contributed by atoms with E-state index in [4.69, 9.17) is 9.47 Å². The van der Waals surface area contributed by atoms with Gasteiger partial charge < -0.3 is 14.6 Å². The second-order valence-corrected chi connectivity index (χ2v) is 5.33. The van der Waals surface area contributed by atoms with Gasteiger partial charge in [-0.15, -0.1) is 0 Å². The first kappa shape index (κ1) is 13.9. The summed E-state index contributed by atoms with van der Waals surface area (Å²) in [5, 5.41) is 9.79. The van der Waals surface area contributed by atoms with Crippen LogP contribution in [0.4, 0.5) is 0 Å². The highest BCUT2D eigenvalue weighted by molar-refractivity contribution is 6.04. The predicted molar refractivity (Wildman–Crippen MR) is 71.8 cm³/mol. The third-order valence-corrected chi connectivity index (χ3v) is 3.28. The molecular formula is C15H20O4. The Morgan fingerprint density at radius 2 is 2.16 bits per heavy atom. The molecule has 0 aliphatic carbocycles. The number of hydrogen-bond donors (Lipinski definition) is 1. The Balaban J connectivity index is 2.30. The number of para-hydroxylation sites is 1. The lowest BCUT2D eigenvalue weighted by atomic mass is 9.89. The maximum atomic E-state index is 12.5. The predicted octanol–water partition coefficient (Wildman–Crippen LogP) is 2.93. The molecular weight excluding hydrogens is 244 g/mol. The van der Waals surface area contributed by atoms with Gasteiger partial charge in [-0.25, -0.2) is 0 Å². The minimum atomic E-state index is -0.781. The van der Waals surface area contributed by atoms with E-state index in [1.54, 1.807) is 26.0 Å². The molecule has 1 unspecified atom stereocenters. The minimum absolute atomic E-state index is 0.00840. The Bertz CT molecular complexity index is 479. The van der Waals surface area contributed by atoms with E-state index in [0.29, 0.717) is 12.2 Å². The van der Waals surface area contributed by atoms with Crippen LogP contribution in [-0.2, 0) is 4.74 Å². The van der Waals surface area contributed by atoms with Gasteiger partial charge >= 0.3 is 0 Å². The zero-order chi connectivity index (χ0) is 14.0. The lowest BCUT2D eigenvalue weighted by Gasteiger charge is -2.38. The molecule has 0 spiro atoms. The van der Waals surface area contributed by atoms with Crippen molar-refractivity contribution in [3.05, 3.63) is 23.8 Å². The third-order valence-electron chi connectivity index (χ3n) is 3.28. The molecule has 4 nitrogen and oxygen atoms in total. The molecule has 1 N–H and O–H groups in total. The number of aromatic hydroxyl groups is 1. The maximum absolute atomic E-state index is 12.5. The molecule has 0 fully saturated rings. The van der Waals surface area contributed by atoms with E-state index in [1.165, 1.54) is 6.07 Å². The normalized spacial score (nSPS) is 20.8. The van der Waals surface area contributed by atoms with Crippen molar-refractivity contribution in [1.29, 1.82) is 0 Å². The number of phenolic OH excluding ortho intramolecular Hbond substituents is 1. The van der Waals surface area contributed by atoms with Crippen molar-refractivity contribution in [3.8, 4) is 11.5 Å². The van der Waals surface area contributed by atoms with Gasteiger partial charge in [-0.05, 0) is 32.4 Å². The Morgan fingerprint density at radius 1 is 1.42 bits per heavy atom. The molecule has 1 aliphatic rings. The van der Waals surface area contributed by atoms with Gasteiger partial charge in [0, 0.05) is 6.61 Å². The summed E-state index contributed by atoms with van der Waals surface area (Å²) in [6.07, 6.45) is 1.29. The van der Waals surface area contributed by atoms with Crippen molar-refractivity contribution in [2.24, 2.45) is 0 Å². The number of benzene rings is 1. The van der Waals surface area contributed by atoms with Crippen molar-refractivity contribution in [1.82, 2.24) is 0 Å². The van der Waals surface area contributed by atoms with Crippen LogP contribution in [-0.4, -0.2) is 29.2 Å². The molecule has 1 aliphatic heterocycles. The van der Waals surface area contributed by atoms with Gasteiger partial charge in [0.05, 0.1) is 5.56 Å². The molecule has 0 bridgehead atoms. The van der Waals surface area contributed by atoms with Gasteiger partial charge in [0.15, 0.2) is 23.4 Å². The Morgan fingerprint density at radius 3 is 2.84 bits per heavy atom. The molecule has 2 rings (SSSR count). The van der Waals surface area contributed by atoms with Crippen LogP contribution in [0.15, 0.2) is 18.2 Å². The summed E-state index contributed by atoms with van der Waals surface area (Å²) in [6.45, 7) is 6.21. The van der Waals surface area contributed by atoms with Gasteiger partial charge in [-0.2, -0.15) is 0 Å².